The Balaban J connectivity index is 3.34. The number of hydrogen-bond acceptors (Lipinski definition) is 3. The van der Waals surface area contributed by atoms with Crippen molar-refractivity contribution in [1.82, 2.24) is 4.98 Å². The maximum Gasteiger partial charge on any atom is 0.339 e. The minimum absolute atomic E-state index is 0.233. The van der Waals surface area contributed by atoms with Crippen molar-refractivity contribution >= 4 is 11.8 Å². The van der Waals surface area contributed by atoms with Crippen LogP contribution in [0.4, 0.5) is 5.82 Å². The van der Waals surface area contributed by atoms with Crippen molar-refractivity contribution in [1.29, 1.82) is 0 Å². The molecular formula is C14H22N2O2. The molecule has 0 spiro atoms. The number of anilines is 1. The van der Waals surface area contributed by atoms with Crippen LogP contribution < -0.4 is 4.90 Å². The summed E-state index contributed by atoms with van der Waals surface area (Å²) in [6, 6.07) is 2.04. The zero-order valence-electron chi connectivity index (χ0n) is 12.0. The Morgan fingerprint density at radius 1 is 1.33 bits per heavy atom. The number of aromatic carboxylic acids is 1. The van der Waals surface area contributed by atoms with Gasteiger partial charge in [-0.25, -0.2) is 9.78 Å². The van der Waals surface area contributed by atoms with E-state index in [1.165, 1.54) is 0 Å². The molecule has 1 aromatic heterocycles. The van der Waals surface area contributed by atoms with E-state index in [-0.39, 0.29) is 6.04 Å². The Bertz CT molecular complexity index is 455. The van der Waals surface area contributed by atoms with E-state index in [4.69, 9.17) is 0 Å². The number of hydrogen-bond donors (Lipinski definition) is 1. The molecule has 1 aromatic rings. The van der Waals surface area contributed by atoms with Crippen molar-refractivity contribution < 1.29 is 9.90 Å². The lowest BCUT2D eigenvalue weighted by Gasteiger charge is -2.30. The number of aromatic nitrogens is 1. The molecule has 1 N–H and O–H groups in total. The predicted molar refractivity (Wildman–Crippen MR) is 73.4 cm³/mol. The molecule has 0 bridgehead atoms. The third-order valence-corrected chi connectivity index (χ3v) is 3.45. The van der Waals surface area contributed by atoms with Gasteiger partial charge in [-0.15, -0.1) is 0 Å². The molecule has 0 amide bonds. The summed E-state index contributed by atoms with van der Waals surface area (Å²) in [7, 11) is 1.90. The summed E-state index contributed by atoms with van der Waals surface area (Å²) in [5, 5.41) is 9.34. The van der Waals surface area contributed by atoms with Crippen LogP contribution in [-0.2, 0) is 0 Å². The largest absolute Gasteiger partial charge is 0.478 e. The van der Waals surface area contributed by atoms with Gasteiger partial charge >= 0.3 is 5.97 Å². The lowest BCUT2D eigenvalue weighted by molar-refractivity contribution is 0.0696. The number of pyridine rings is 1. The summed E-state index contributed by atoms with van der Waals surface area (Å²) in [5.74, 6) is 0.0678. The summed E-state index contributed by atoms with van der Waals surface area (Å²) in [4.78, 5) is 17.7. The van der Waals surface area contributed by atoms with Crippen LogP contribution in [0.15, 0.2) is 6.07 Å². The van der Waals surface area contributed by atoms with Crippen LogP contribution in [0.5, 0.6) is 0 Å². The first-order chi connectivity index (χ1) is 8.25. The Kier molecular flexibility index (Phi) is 4.33. The van der Waals surface area contributed by atoms with Gasteiger partial charge < -0.3 is 10.0 Å². The molecular weight excluding hydrogens is 228 g/mol. The fraction of sp³-hybridized carbons (Fsp3) is 0.571. The lowest BCUT2D eigenvalue weighted by atomic mass is 10.0. The average molecular weight is 250 g/mol. The van der Waals surface area contributed by atoms with Gasteiger partial charge in [-0.05, 0) is 38.3 Å². The summed E-state index contributed by atoms with van der Waals surface area (Å²) >= 11 is 0. The molecule has 1 heterocycles. The average Bonchev–Trinajstić information content (AvgIpc) is 2.24. The molecule has 0 aromatic carbocycles. The Hall–Kier alpha value is -1.58. The van der Waals surface area contributed by atoms with Crippen molar-refractivity contribution in [2.45, 2.75) is 40.7 Å². The van der Waals surface area contributed by atoms with E-state index in [0.717, 1.165) is 11.3 Å². The molecule has 18 heavy (non-hydrogen) atoms. The fourth-order valence-electron chi connectivity index (χ4n) is 1.98. The lowest BCUT2D eigenvalue weighted by Crippen LogP contribution is -2.35. The first kappa shape index (κ1) is 14.5. The Morgan fingerprint density at radius 3 is 2.33 bits per heavy atom. The number of rotatable bonds is 4. The van der Waals surface area contributed by atoms with Crippen LogP contribution in [-0.4, -0.2) is 29.1 Å². The van der Waals surface area contributed by atoms with Crippen molar-refractivity contribution in [2.24, 2.45) is 5.92 Å². The number of carbonyl (C=O) groups is 1. The summed E-state index contributed by atoms with van der Waals surface area (Å²) in [5.41, 5.74) is 1.90. The highest BCUT2D eigenvalue weighted by atomic mass is 16.4. The molecule has 100 valence electrons. The highest BCUT2D eigenvalue weighted by Crippen LogP contribution is 2.25. The molecule has 1 rings (SSSR count). The van der Waals surface area contributed by atoms with Gasteiger partial charge in [-0.3, -0.25) is 0 Å². The second-order valence-corrected chi connectivity index (χ2v) is 5.18. The minimum atomic E-state index is -0.919. The van der Waals surface area contributed by atoms with Gasteiger partial charge in [0.05, 0.1) is 0 Å². The third-order valence-electron chi connectivity index (χ3n) is 3.45. The quantitative estimate of drug-likeness (QED) is 0.892. The maximum atomic E-state index is 11.4. The Morgan fingerprint density at radius 2 is 1.89 bits per heavy atom. The van der Waals surface area contributed by atoms with Crippen LogP contribution in [0, 0.1) is 19.8 Å². The van der Waals surface area contributed by atoms with E-state index in [1.54, 1.807) is 6.07 Å². The van der Waals surface area contributed by atoms with E-state index >= 15 is 0 Å². The molecule has 0 aliphatic carbocycles. The van der Waals surface area contributed by atoms with Gasteiger partial charge in [-0.1, -0.05) is 13.8 Å². The summed E-state index contributed by atoms with van der Waals surface area (Å²) in [6.45, 7) is 10.0. The normalized spacial score (nSPS) is 12.6. The first-order valence-electron chi connectivity index (χ1n) is 6.20. The van der Waals surface area contributed by atoms with Crippen LogP contribution in [0.25, 0.3) is 0 Å². The van der Waals surface area contributed by atoms with E-state index in [0.29, 0.717) is 17.3 Å². The molecule has 0 aliphatic heterocycles. The minimum Gasteiger partial charge on any atom is -0.478 e. The molecule has 0 radical (unpaired) electrons. The number of nitrogens with zero attached hydrogens (tertiary/aromatic N) is 2. The van der Waals surface area contributed by atoms with Crippen LogP contribution in [0.1, 0.15) is 42.4 Å². The van der Waals surface area contributed by atoms with Crippen LogP contribution in [0.2, 0.25) is 0 Å². The second-order valence-electron chi connectivity index (χ2n) is 5.18. The Labute approximate surface area is 109 Å². The first-order valence-corrected chi connectivity index (χ1v) is 6.20. The molecule has 0 aliphatic rings. The number of carboxylic acid groups (broad SMARTS) is 1. The van der Waals surface area contributed by atoms with E-state index in [9.17, 15) is 9.90 Å². The van der Waals surface area contributed by atoms with Gasteiger partial charge in [0, 0.05) is 18.8 Å². The fourth-order valence-corrected chi connectivity index (χ4v) is 1.98. The summed E-state index contributed by atoms with van der Waals surface area (Å²) in [6.07, 6.45) is 0. The molecule has 1 unspecified atom stereocenters. The van der Waals surface area contributed by atoms with Crippen LogP contribution >= 0.6 is 0 Å². The molecule has 0 fully saturated rings. The van der Waals surface area contributed by atoms with Gasteiger partial charge in [0.1, 0.15) is 11.4 Å². The van der Waals surface area contributed by atoms with Gasteiger partial charge in [0.2, 0.25) is 0 Å². The maximum absolute atomic E-state index is 11.4. The zero-order valence-corrected chi connectivity index (χ0v) is 12.0. The molecule has 4 heteroatoms. The van der Waals surface area contributed by atoms with Crippen molar-refractivity contribution in [3.8, 4) is 0 Å². The van der Waals surface area contributed by atoms with Gasteiger partial charge in [-0.2, -0.15) is 0 Å². The van der Waals surface area contributed by atoms with E-state index < -0.39 is 5.97 Å². The molecule has 0 saturated heterocycles. The van der Waals surface area contributed by atoms with Crippen molar-refractivity contribution in [3.63, 3.8) is 0 Å². The standard InChI is InChI=1S/C14H22N2O2/c1-8(2)11(5)16(6)13-12(14(17)18)9(3)7-10(4)15-13/h7-8,11H,1-6H3,(H,17,18). The van der Waals surface area contributed by atoms with Crippen molar-refractivity contribution in [3.05, 3.63) is 22.9 Å². The monoisotopic (exact) mass is 250 g/mol. The smallest absolute Gasteiger partial charge is 0.339 e. The van der Waals surface area contributed by atoms with Crippen molar-refractivity contribution in [2.75, 3.05) is 11.9 Å². The van der Waals surface area contributed by atoms with Gasteiger partial charge in [0.15, 0.2) is 0 Å². The number of aryl methyl sites for hydroxylation is 2. The highest BCUT2D eigenvalue weighted by molar-refractivity contribution is 5.95. The van der Waals surface area contributed by atoms with E-state index in [2.05, 4.69) is 25.8 Å². The molecule has 0 saturated carbocycles. The highest BCUT2D eigenvalue weighted by Gasteiger charge is 2.22. The zero-order chi connectivity index (χ0) is 14.0. The topological polar surface area (TPSA) is 53.4 Å². The van der Waals surface area contributed by atoms with Gasteiger partial charge in [0.25, 0.3) is 0 Å². The summed E-state index contributed by atoms with van der Waals surface area (Å²) < 4.78 is 0. The van der Waals surface area contributed by atoms with Crippen LogP contribution in [0.3, 0.4) is 0 Å². The predicted octanol–water partition coefficient (Wildman–Crippen LogP) is 2.88. The second kappa shape index (κ2) is 5.38. The third kappa shape index (κ3) is 2.81. The van der Waals surface area contributed by atoms with E-state index in [1.807, 2.05) is 25.8 Å². The molecule has 4 nitrogen and oxygen atoms in total. The number of carboxylic acids is 1. The SMILES string of the molecule is Cc1cc(C)c(C(=O)O)c(N(C)C(C)C(C)C)n1. The molecule has 1 atom stereocenters.